The number of ether oxygens (including phenoxy) is 2. The van der Waals surface area contributed by atoms with Crippen LogP contribution in [-0.2, 0) is 14.3 Å². The minimum atomic E-state index is -0.313. The van der Waals surface area contributed by atoms with Crippen molar-refractivity contribution in [3.8, 4) is 5.75 Å². The summed E-state index contributed by atoms with van der Waals surface area (Å²) in [6, 6.07) is 7.54. The van der Waals surface area contributed by atoms with E-state index in [9.17, 15) is 9.59 Å². The molecule has 0 bridgehead atoms. The fraction of sp³-hybridized carbons (Fsp3) is 0.600. The number of hydrogen-bond acceptors (Lipinski definition) is 4. The third-order valence-corrected chi connectivity index (χ3v) is 3.96. The van der Waals surface area contributed by atoms with Crippen LogP contribution in [0.3, 0.4) is 0 Å². The van der Waals surface area contributed by atoms with Gasteiger partial charge in [0.05, 0.1) is 0 Å². The van der Waals surface area contributed by atoms with Crippen LogP contribution in [0.1, 0.15) is 71.8 Å². The van der Waals surface area contributed by atoms with Gasteiger partial charge in [0, 0.05) is 12.8 Å². The second-order valence-corrected chi connectivity index (χ2v) is 6.70. The molecule has 1 atom stereocenters. The molecule has 4 nitrogen and oxygen atoms in total. The van der Waals surface area contributed by atoms with Crippen LogP contribution in [0.25, 0.3) is 0 Å². The fourth-order valence-corrected chi connectivity index (χ4v) is 2.52. The summed E-state index contributed by atoms with van der Waals surface area (Å²) in [5.41, 5.74) is 1.01. The molecule has 1 aromatic rings. The van der Waals surface area contributed by atoms with E-state index in [0.717, 1.165) is 12.0 Å². The Morgan fingerprint density at radius 1 is 1.00 bits per heavy atom. The van der Waals surface area contributed by atoms with Gasteiger partial charge < -0.3 is 9.47 Å². The molecule has 0 radical (unpaired) electrons. The Balaban J connectivity index is 2.41. The van der Waals surface area contributed by atoms with E-state index in [1.165, 1.54) is 0 Å². The molecular formula is C20H30O4. The number of rotatable bonds is 9. The van der Waals surface area contributed by atoms with Crippen molar-refractivity contribution in [2.45, 2.75) is 72.3 Å². The van der Waals surface area contributed by atoms with Crippen molar-refractivity contribution in [1.29, 1.82) is 0 Å². The zero-order valence-corrected chi connectivity index (χ0v) is 15.5. The van der Waals surface area contributed by atoms with Crippen molar-refractivity contribution in [3.63, 3.8) is 0 Å². The lowest BCUT2D eigenvalue weighted by molar-refractivity contribution is -0.151. The fourth-order valence-electron chi connectivity index (χ4n) is 2.52. The summed E-state index contributed by atoms with van der Waals surface area (Å²) in [6.45, 7) is 10.2. The van der Waals surface area contributed by atoms with Gasteiger partial charge in [0.15, 0.2) is 0 Å². The number of carbonyl (C=O) groups is 2. The summed E-state index contributed by atoms with van der Waals surface area (Å²) in [4.78, 5) is 23.8. The minimum absolute atomic E-state index is 0.0534. The van der Waals surface area contributed by atoms with Crippen LogP contribution in [-0.4, -0.2) is 18.0 Å². The van der Waals surface area contributed by atoms with Crippen LogP contribution in [0.2, 0.25) is 0 Å². The van der Waals surface area contributed by atoms with Gasteiger partial charge in [-0.05, 0) is 36.3 Å². The van der Waals surface area contributed by atoms with Gasteiger partial charge in [-0.1, -0.05) is 52.8 Å². The molecule has 0 heterocycles. The van der Waals surface area contributed by atoms with Crippen LogP contribution in [0.5, 0.6) is 5.75 Å². The van der Waals surface area contributed by atoms with Gasteiger partial charge in [-0.3, -0.25) is 9.59 Å². The van der Waals surface area contributed by atoms with Gasteiger partial charge in [0.25, 0.3) is 0 Å². The average Bonchev–Trinajstić information content (AvgIpc) is 2.52. The van der Waals surface area contributed by atoms with E-state index in [4.69, 9.17) is 9.47 Å². The molecule has 0 N–H and O–H groups in total. The van der Waals surface area contributed by atoms with Crippen LogP contribution in [0.15, 0.2) is 24.3 Å². The number of para-hydroxylation sites is 1. The number of carbonyl (C=O) groups excluding carboxylic acids is 2. The Hall–Kier alpha value is -1.84. The maximum absolute atomic E-state index is 12.0. The van der Waals surface area contributed by atoms with Crippen molar-refractivity contribution >= 4 is 11.9 Å². The maximum Gasteiger partial charge on any atom is 0.311 e. The molecule has 1 unspecified atom stereocenters. The Morgan fingerprint density at radius 2 is 1.62 bits per heavy atom. The zero-order chi connectivity index (χ0) is 18.1. The normalized spacial score (nSPS) is 12.3. The van der Waals surface area contributed by atoms with Gasteiger partial charge in [0.1, 0.15) is 11.9 Å². The van der Waals surface area contributed by atoms with E-state index in [1.807, 2.05) is 39.0 Å². The highest BCUT2D eigenvalue weighted by Crippen LogP contribution is 2.26. The largest absolute Gasteiger partial charge is 0.462 e. The summed E-state index contributed by atoms with van der Waals surface area (Å²) in [7, 11) is 0. The number of hydrogen-bond donors (Lipinski definition) is 0. The highest BCUT2D eigenvalue weighted by Gasteiger charge is 2.17. The summed E-state index contributed by atoms with van der Waals surface area (Å²) >= 11 is 0. The second-order valence-electron chi connectivity index (χ2n) is 6.70. The maximum atomic E-state index is 12.0. The minimum Gasteiger partial charge on any atom is -0.462 e. The van der Waals surface area contributed by atoms with E-state index in [1.54, 1.807) is 6.07 Å². The lowest BCUT2D eigenvalue weighted by Crippen LogP contribution is -2.22. The smallest absolute Gasteiger partial charge is 0.311 e. The lowest BCUT2D eigenvalue weighted by Gasteiger charge is -2.19. The van der Waals surface area contributed by atoms with Crippen LogP contribution >= 0.6 is 0 Å². The van der Waals surface area contributed by atoms with Crippen LogP contribution in [0.4, 0.5) is 0 Å². The Morgan fingerprint density at radius 3 is 2.21 bits per heavy atom. The molecule has 134 valence electrons. The molecule has 1 rings (SSSR count). The molecule has 0 aliphatic heterocycles. The predicted molar refractivity (Wildman–Crippen MR) is 95.0 cm³/mol. The third kappa shape index (κ3) is 6.73. The molecule has 4 heteroatoms. The molecule has 24 heavy (non-hydrogen) atoms. The van der Waals surface area contributed by atoms with E-state index in [2.05, 4.69) is 13.8 Å². The van der Waals surface area contributed by atoms with Gasteiger partial charge in [0.2, 0.25) is 0 Å². The summed E-state index contributed by atoms with van der Waals surface area (Å²) in [5.74, 6) is 0.631. The highest BCUT2D eigenvalue weighted by molar-refractivity contribution is 5.74. The Bertz CT molecular complexity index is 534. The predicted octanol–water partition coefficient (Wildman–Crippen LogP) is 4.86. The molecule has 0 aliphatic rings. The molecule has 1 aromatic carbocycles. The molecule has 0 spiro atoms. The molecule has 0 aliphatic carbocycles. The monoisotopic (exact) mass is 334 g/mol. The SMILES string of the molecule is CCC(OC(=O)CCCC(=O)Oc1ccccc1C(C)C)C(C)C. The number of benzene rings is 1. The summed E-state index contributed by atoms with van der Waals surface area (Å²) < 4.78 is 10.9. The van der Waals surface area contributed by atoms with E-state index >= 15 is 0 Å². The Labute approximate surface area is 145 Å². The highest BCUT2D eigenvalue weighted by atomic mass is 16.5. The standard InChI is InChI=1S/C20H30O4/c1-6-17(15(4)5)23-19(21)12-9-13-20(22)24-18-11-8-7-10-16(18)14(2)3/h7-8,10-11,14-15,17H,6,9,12-13H2,1-5H3. The van der Waals surface area contributed by atoms with Crippen molar-refractivity contribution in [1.82, 2.24) is 0 Å². The zero-order valence-electron chi connectivity index (χ0n) is 15.5. The van der Waals surface area contributed by atoms with Crippen molar-refractivity contribution < 1.29 is 19.1 Å². The molecule has 0 fully saturated rings. The van der Waals surface area contributed by atoms with Gasteiger partial charge >= 0.3 is 11.9 Å². The lowest BCUT2D eigenvalue weighted by atomic mass is 10.0. The molecule has 0 saturated heterocycles. The molecular weight excluding hydrogens is 304 g/mol. The van der Waals surface area contributed by atoms with Gasteiger partial charge in [-0.2, -0.15) is 0 Å². The summed E-state index contributed by atoms with van der Waals surface area (Å²) in [6.07, 6.45) is 1.64. The van der Waals surface area contributed by atoms with Crippen molar-refractivity contribution in [2.24, 2.45) is 5.92 Å². The Kier molecular flexibility index (Phi) is 8.51. The number of esters is 2. The first-order valence-electron chi connectivity index (χ1n) is 8.84. The van der Waals surface area contributed by atoms with Crippen molar-refractivity contribution in [3.05, 3.63) is 29.8 Å². The van der Waals surface area contributed by atoms with E-state index in [0.29, 0.717) is 18.1 Å². The molecule has 0 amide bonds. The van der Waals surface area contributed by atoms with Gasteiger partial charge in [-0.15, -0.1) is 0 Å². The first-order valence-corrected chi connectivity index (χ1v) is 8.84. The topological polar surface area (TPSA) is 52.6 Å². The van der Waals surface area contributed by atoms with Crippen molar-refractivity contribution in [2.75, 3.05) is 0 Å². The second kappa shape index (κ2) is 10.1. The van der Waals surface area contributed by atoms with Crippen LogP contribution < -0.4 is 4.74 Å². The van der Waals surface area contributed by atoms with Crippen LogP contribution in [0, 0.1) is 5.92 Å². The van der Waals surface area contributed by atoms with Gasteiger partial charge in [-0.25, -0.2) is 0 Å². The average molecular weight is 334 g/mol. The first-order chi connectivity index (χ1) is 11.3. The third-order valence-electron chi connectivity index (χ3n) is 3.96. The van der Waals surface area contributed by atoms with E-state index in [-0.39, 0.29) is 36.8 Å². The molecule has 0 saturated carbocycles. The summed E-state index contributed by atoms with van der Waals surface area (Å²) in [5, 5.41) is 0. The molecule has 0 aromatic heterocycles. The quantitative estimate of drug-likeness (QED) is 0.478. The first kappa shape index (κ1) is 20.2. The van der Waals surface area contributed by atoms with E-state index < -0.39 is 0 Å².